The molecule has 2 amide bonds. The Morgan fingerprint density at radius 2 is 1.81 bits per heavy atom. The molecule has 0 aliphatic carbocycles. The molecule has 27 heavy (non-hydrogen) atoms. The fourth-order valence-corrected chi connectivity index (χ4v) is 3.04. The summed E-state index contributed by atoms with van der Waals surface area (Å²) in [5, 5.41) is 0. The number of nitrogens with zero attached hydrogens (tertiary/aromatic N) is 1. The fourth-order valence-electron chi connectivity index (χ4n) is 3.04. The third kappa shape index (κ3) is 3.01. The molecule has 2 heterocycles. The Balaban J connectivity index is 1.54. The Labute approximate surface area is 155 Å². The molecular weight excluding hydrogens is 350 g/mol. The van der Waals surface area contributed by atoms with Gasteiger partial charge in [-0.2, -0.15) is 0 Å². The highest BCUT2D eigenvalue weighted by molar-refractivity contribution is 6.22. The van der Waals surface area contributed by atoms with E-state index in [2.05, 4.69) is 0 Å². The maximum Gasteiger partial charge on any atom is 0.343 e. The molecule has 2 aliphatic heterocycles. The molecule has 2 aromatic rings. The number of hydrogen-bond donors (Lipinski definition) is 0. The molecule has 4 rings (SSSR count). The van der Waals surface area contributed by atoms with Crippen molar-refractivity contribution >= 4 is 17.8 Å². The number of amides is 2. The molecule has 138 valence electrons. The lowest BCUT2D eigenvalue weighted by Crippen LogP contribution is -2.30. The predicted octanol–water partition coefficient (Wildman–Crippen LogP) is 3.03. The zero-order chi connectivity index (χ0) is 19.0. The second kappa shape index (κ2) is 6.75. The van der Waals surface area contributed by atoms with Gasteiger partial charge < -0.3 is 14.2 Å². The number of hydrogen-bond acceptors (Lipinski definition) is 6. The van der Waals surface area contributed by atoms with Crippen molar-refractivity contribution in [3.8, 4) is 17.2 Å². The van der Waals surface area contributed by atoms with Crippen LogP contribution in [0.3, 0.4) is 0 Å². The van der Waals surface area contributed by atoms with Crippen LogP contribution in [0.2, 0.25) is 0 Å². The van der Waals surface area contributed by atoms with Crippen molar-refractivity contribution in [2.24, 2.45) is 0 Å². The van der Waals surface area contributed by atoms with Gasteiger partial charge >= 0.3 is 5.97 Å². The number of unbranched alkanes of at least 4 members (excludes halogenated alkanes) is 1. The van der Waals surface area contributed by atoms with Crippen molar-refractivity contribution in [1.29, 1.82) is 0 Å². The Hall–Kier alpha value is -3.35. The smallest absolute Gasteiger partial charge is 0.343 e. The molecule has 0 unspecified atom stereocenters. The van der Waals surface area contributed by atoms with Crippen molar-refractivity contribution in [1.82, 2.24) is 4.90 Å². The van der Waals surface area contributed by atoms with E-state index in [0.29, 0.717) is 29.4 Å². The van der Waals surface area contributed by atoms with Crippen molar-refractivity contribution in [2.45, 2.75) is 19.8 Å². The third-order valence-electron chi connectivity index (χ3n) is 4.50. The van der Waals surface area contributed by atoms with E-state index in [9.17, 15) is 14.4 Å². The van der Waals surface area contributed by atoms with Crippen LogP contribution in [0.15, 0.2) is 36.4 Å². The fraction of sp³-hybridized carbons (Fsp3) is 0.250. The molecule has 0 radical (unpaired) electrons. The van der Waals surface area contributed by atoms with E-state index in [-0.39, 0.29) is 29.7 Å². The SMILES string of the molecule is CCCCN1C(=O)c2ccc(C(=O)Oc3ccc4c(c3)OCO4)cc2C1=O. The number of ether oxygens (including phenoxy) is 3. The summed E-state index contributed by atoms with van der Waals surface area (Å²) < 4.78 is 15.8. The second-order valence-corrected chi connectivity index (χ2v) is 6.28. The molecule has 2 aromatic carbocycles. The van der Waals surface area contributed by atoms with Crippen molar-refractivity contribution in [3.05, 3.63) is 53.1 Å². The van der Waals surface area contributed by atoms with Gasteiger partial charge in [0.25, 0.3) is 11.8 Å². The topological polar surface area (TPSA) is 82.1 Å². The number of carbonyl (C=O) groups is 3. The standard InChI is InChI=1S/C20H17NO6/c1-2-3-8-21-18(22)14-6-4-12(9-15(14)19(21)23)20(24)27-13-5-7-16-17(10-13)26-11-25-16/h4-7,9-10H,2-3,8,11H2,1H3. The van der Waals surface area contributed by atoms with E-state index in [1.165, 1.54) is 23.1 Å². The van der Waals surface area contributed by atoms with Crippen molar-refractivity contribution in [2.75, 3.05) is 13.3 Å². The van der Waals surface area contributed by atoms with E-state index >= 15 is 0 Å². The van der Waals surface area contributed by atoms with Crippen LogP contribution in [-0.4, -0.2) is 36.0 Å². The molecule has 0 spiro atoms. The van der Waals surface area contributed by atoms with Gasteiger partial charge in [-0.25, -0.2) is 4.79 Å². The van der Waals surface area contributed by atoms with Crippen LogP contribution in [0, 0.1) is 0 Å². The summed E-state index contributed by atoms with van der Waals surface area (Å²) in [6.45, 7) is 2.49. The average molecular weight is 367 g/mol. The van der Waals surface area contributed by atoms with Crippen LogP contribution >= 0.6 is 0 Å². The first-order chi connectivity index (χ1) is 13.1. The molecule has 0 N–H and O–H groups in total. The van der Waals surface area contributed by atoms with E-state index < -0.39 is 5.97 Å². The maximum absolute atomic E-state index is 12.5. The van der Waals surface area contributed by atoms with Gasteiger partial charge in [0.05, 0.1) is 16.7 Å². The third-order valence-corrected chi connectivity index (χ3v) is 4.50. The minimum atomic E-state index is -0.621. The highest BCUT2D eigenvalue weighted by Gasteiger charge is 2.35. The zero-order valence-electron chi connectivity index (χ0n) is 14.7. The van der Waals surface area contributed by atoms with Gasteiger partial charge in [-0.3, -0.25) is 14.5 Å². The molecule has 7 nitrogen and oxygen atoms in total. The molecule has 7 heteroatoms. The number of carbonyl (C=O) groups excluding carboxylic acids is 3. The monoisotopic (exact) mass is 367 g/mol. The molecule has 0 saturated heterocycles. The van der Waals surface area contributed by atoms with E-state index in [4.69, 9.17) is 14.2 Å². The summed E-state index contributed by atoms with van der Waals surface area (Å²) in [5.74, 6) is 0.0752. The second-order valence-electron chi connectivity index (χ2n) is 6.28. The lowest BCUT2D eigenvalue weighted by atomic mass is 10.1. The summed E-state index contributed by atoms with van der Waals surface area (Å²) in [5.41, 5.74) is 0.747. The van der Waals surface area contributed by atoms with Gasteiger partial charge in [-0.05, 0) is 36.8 Å². The number of rotatable bonds is 5. The van der Waals surface area contributed by atoms with Crippen LogP contribution in [0.1, 0.15) is 50.8 Å². The number of benzene rings is 2. The summed E-state index contributed by atoms with van der Waals surface area (Å²) in [6.07, 6.45) is 1.62. The van der Waals surface area contributed by atoms with Crippen LogP contribution in [0.5, 0.6) is 17.2 Å². The zero-order valence-corrected chi connectivity index (χ0v) is 14.7. The minimum Gasteiger partial charge on any atom is -0.454 e. The Morgan fingerprint density at radius 1 is 1.04 bits per heavy atom. The van der Waals surface area contributed by atoms with E-state index in [0.717, 1.165) is 12.8 Å². The molecular formula is C20H17NO6. The maximum atomic E-state index is 12.5. The van der Waals surface area contributed by atoms with Gasteiger partial charge in [0, 0.05) is 12.6 Å². The largest absolute Gasteiger partial charge is 0.454 e. The Morgan fingerprint density at radius 3 is 2.63 bits per heavy atom. The van der Waals surface area contributed by atoms with Gasteiger partial charge in [0.1, 0.15) is 5.75 Å². The highest BCUT2D eigenvalue weighted by atomic mass is 16.7. The summed E-state index contributed by atoms with van der Waals surface area (Å²) in [4.78, 5) is 38.5. The minimum absolute atomic E-state index is 0.127. The Kier molecular flexibility index (Phi) is 4.27. The van der Waals surface area contributed by atoms with Crippen molar-refractivity contribution < 1.29 is 28.6 Å². The van der Waals surface area contributed by atoms with Gasteiger partial charge in [-0.15, -0.1) is 0 Å². The molecule has 0 bridgehead atoms. The normalized spacial score (nSPS) is 14.5. The Bertz CT molecular complexity index is 951. The lowest BCUT2D eigenvalue weighted by Gasteiger charge is -2.12. The van der Waals surface area contributed by atoms with Crippen molar-refractivity contribution in [3.63, 3.8) is 0 Å². The lowest BCUT2D eigenvalue weighted by molar-refractivity contribution is 0.0651. The van der Waals surface area contributed by atoms with Crippen LogP contribution < -0.4 is 14.2 Å². The number of imide groups is 1. The highest BCUT2D eigenvalue weighted by Crippen LogP contribution is 2.35. The predicted molar refractivity (Wildman–Crippen MR) is 94.2 cm³/mol. The van der Waals surface area contributed by atoms with Crippen LogP contribution in [0.4, 0.5) is 0 Å². The first-order valence-electron chi connectivity index (χ1n) is 8.70. The van der Waals surface area contributed by atoms with Gasteiger partial charge in [0.2, 0.25) is 6.79 Å². The summed E-state index contributed by atoms with van der Waals surface area (Å²) in [7, 11) is 0. The average Bonchev–Trinajstić information content (AvgIpc) is 3.23. The summed E-state index contributed by atoms with van der Waals surface area (Å²) >= 11 is 0. The molecule has 0 atom stereocenters. The molecule has 0 fully saturated rings. The molecule has 0 aromatic heterocycles. The van der Waals surface area contributed by atoms with Crippen LogP contribution in [-0.2, 0) is 0 Å². The molecule has 2 aliphatic rings. The molecule has 0 saturated carbocycles. The first kappa shape index (κ1) is 17.1. The number of fused-ring (bicyclic) bond motifs is 2. The van der Waals surface area contributed by atoms with Gasteiger partial charge in [-0.1, -0.05) is 13.3 Å². The number of esters is 1. The summed E-state index contributed by atoms with van der Waals surface area (Å²) in [6, 6.07) is 9.22. The van der Waals surface area contributed by atoms with Gasteiger partial charge in [0.15, 0.2) is 11.5 Å². The van der Waals surface area contributed by atoms with Crippen LogP contribution in [0.25, 0.3) is 0 Å². The van der Waals surface area contributed by atoms with E-state index in [1.54, 1.807) is 18.2 Å². The quantitative estimate of drug-likeness (QED) is 0.459. The van der Waals surface area contributed by atoms with E-state index in [1.807, 2.05) is 6.92 Å². The first-order valence-corrected chi connectivity index (χ1v) is 8.70.